The van der Waals surface area contributed by atoms with E-state index in [9.17, 15) is 0 Å². The summed E-state index contributed by atoms with van der Waals surface area (Å²) in [6, 6.07) is 0. The average Bonchev–Trinajstić information content (AvgIpc) is 2.14. The fourth-order valence-electron chi connectivity index (χ4n) is 1.19. The second-order valence-electron chi connectivity index (χ2n) is 2.87. The standard InChI is InChI=1S/C8H15NO/c1-8-3-2-5-9(7-10)6-4-8/h4,10H,2-3,5-7H2,1H3. The number of allylic oxidation sites excluding steroid dienone is 1. The molecule has 0 bridgehead atoms. The molecule has 0 spiro atoms. The Bertz CT molecular complexity index is 131. The van der Waals surface area contributed by atoms with Crippen LogP contribution in [0.5, 0.6) is 0 Å². The summed E-state index contributed by atoms with van der Waals surface area (Å²) < 4.78 is 0. The molecule has 0 aromatic rings. The first-order chi connectivity index (χ1) is 4.83. The molecule has 2 heteroatoms. The summed E-state index contributed by atoms with van der Waals surface area (Å²) in [4.78, 5) is 2.04. The van der Waals surface area contributed by atoms with Gasteiger partial charge in [0.2, 0.25) is 0 Å². The minimum Gasteiger partial charge on any atom is -0.381 e. The molecule has 0 aliphatic carbocycles. The topological polar surface area (TPSA) is 23.5 Å². The van der Waals surface area contributed by atoms with Gasteiger partial charge in [-0.2, -0.15) is 0 Å². The van der Waals surface area contributed by atoms with Crippen molar-refractivity contribution in [2.24, 2.45) is 0 Å². The second kappa shape index (κ2) is 3.74. The molecule has 0 saturated heterocycles. The van der Waals surface area contributed by atoms with Gasteiger partial charge in [-0.1, -0.05) is 11.6 Å². The molecule has 0 atom stereocenters. The van der Waals surface area contributed by atoms with Crippen LogP contribution in [0.2, 0.25) is 0 Å². The quantitative estimate of drug-likeness (QED) is 0.550. The fourth-order valence-corrected chi connectivity index (χ4v) is 1.19. The van der Waals surface area contributed by atoms with E-state index in [0.717, 1.165) is 13.1 Å². The first-order valence-corrected chi connectivity index (χ1v) is 3.82. The zero-order valence-electron chi connectivity index (χ0n) is 6.51. The van der Waals surface area contributed by atoms with Crippen LogP contribution in [-0.2, 0) is 0 Å². The molecule has 1 aliphatic rings. The largest absolute Gasteiger partial charge is 0.381 e. The minimum absolute atomic E-state index is 0.198. The van der Waals surface area contributed by atoms with Crippen molar-refractivity contribution >= 4 is 0 Å². The van der Waals surface area contributed by atoms with Gasteiger partial charge in [-0.25, -0.2) is 0 Å². The third-order valence-corrected chi connectivity index (χ3v) is 1.94. The molecule has 1 aliphatic heterocycles. The van der Waals surface area contributed by atoms with Crippen LogP contribution in [0.25, 0.3) is 0 Å². The first-order valence-electron chi connectivity index (χ1n) is 3.82. The summed E-state index contributed by atoms with van der Waals surface area (Å²) in [5.41, 5.74) is 1.45. The monoisotopic (exact) mass is 141 g/mol. The van der Waals surface area contributed by atoms with E-state index in [0.29, 0.717) is 0 Å². The van der Waals surface area contributed by atoms with Crippen molar-refractivity contribution in [3.05, 3.63) is 11.6 Å². The fraction of sp³-hybridized carbons (Fsp3) is 0.750. The van der Waals surface area contributed by atoms with Crippen LogP contribution in [0.1, 0.15) is 19.8 Å². The van der Waals surface area contributed by atoms with Gasteiger partial charge in [-0.15, -0.1) is 0 Å². The van der Waals surface area contributed by atoms with Gasteiger partial charge in [0.05, 0.1) is 6.73 Å². The summed E-state index contributed by atoms with van der Waals surface area (Å²) in [5, 5.41) is 8.80. The van der Waals surface area contributed by atoms with E-state index in [1.54, 1.807) is 0 Å². The Kier molecular flexibility index (Phi) is 2.90. The second-order valence-corrected chi connectivity index (χ2v) is 2.87. The van der Waals surface area contributed by atoms with E-state index < -0.39 is 0 Å². The van der Waals surface area contributed by atoms with E-state index >= 15 is 0 Å². The van der Waals surface area contributed by atoms with Crippen molar-refractivity contribution < 1.29 is 5.11 Å². The molecule has 2 nitrogen and oxygen atoms in total. The molecule has 0 amide bonds. The van der Waals surface area contributed by atoms with Gasteiger partial charge in [-0.05, 0) is 19.8 Å². The lowest BCUT2D eigenvalue weighted by Gasteiger charge is -2.13. The van der Waals surface area contributed by atoms with Gasteiger partial charge in [0.25, 0.3) is 0 Å². The highest BCUT2D eigenvalue weighted by Crippen LogP contribution is 2.09. The third-order valence-electron chi connectivity index (χ3n) is 1.94. The van der Waals surface area contributed by atoms with Gasteiger partial charge < -0.3 is 5.11 Å². The summed E-state index contributed by atoms with van der Waals surface area (Å²) in [5.74, 6) is 0. The molecule has 10 heavy (non-hydrogen) atoms. The van der Waals surface area contributed by atoms with Crippen LogP contribution in [-0.4, -0.2) is 29.8 Å². The zero-order chi connectivity index (χ0) is 7.40. The normalized spacial score (nSPS) is 22.0. The van der Waals surface area contributed by atoms with E-state index in [-0.39, 0.29) is 6.73 Å². The number of hydrogen-bond acceptors (Lipinski definition) is 2. The maximum atomic E-state index is 8.80. The van der Waals surface area contributed by atoms with E-state index in [1.165, 1.54) is 18.4 Å². The van der Waals surface area contributed by atoms with Crippen molar-refractivity contribution in [3.63, 3.8) is 0 Å². The molecule has 1 N–H and O–H groups in total. The number of aliphatic hydroxyl groups excluding tert-OH is 1. The Morgan fingerprint density at radius 3 is 3.20 bits per heavy atom. The van der Waals surface area contributed by atoms with Crippen molar-refractivity contribution in [1.82, 2.24) is 4.90 Å². The number of aliphatic hydroxyl groups is 1. The van der Waals surface area contributed by atoms with Gasteiger partial charge in [0.1, 0.15) is 0 Å². The minimum atomic E-state index is 0.198. The Morgan fingerprint density at radius 1 is 1.70 bits per heavy atom. The Hall–Kier alpha value is -0.340. The summed E-state index contributed by atoms with van der Waals surface area (Å²) in [7, 11) is 0. The van der Waals surface area contributed by atoms with Crippen molar-refractivity contribution in [1.29, 1.82) is 0 Å². The van der Waals surface area contributed by atoms with Crippen molar-refractivity contribution in [2.75, 3.05) is 19.8 Å². The Morgan fingerprint density at radius 2 is 2.50 bits per heavy atom. The highest BCUT2D eigenvalue weighted by molar-refractivity contribution is 5.01. The summed E-state index contributed by atoms with van der Waals surface area (Å²) in [6.45, 7) is 4.30. The highest BCUT2D eigenvalue weighted by Gasteiger charge is 2.04. The third kappa shape index (κ3) is 2.12. The Balaban J connectivity index is 2.40. The zero-order valence-corrected chi connectivity index (χ0v) is 6.51. The van der Waals surface area contributed by atoms with Gasteiger partial charge in [-0.3, -0.25) is 4.90 Å². The van der Waals surface area contributed by atoms with Gasteiger partial charge in [0, 0.05) is 13.1 Å². The van der Waals surface area contributed by atoms with Gasteiger partial charge >= 0.3 is 0 Å². The predicted molar refractivity (Wildman–Crippen MR) is 41.6 cm³/mol. The predicted octanol–water partition coefficient (Wildman–Crippen LogP) is 0.978. The van der Waals surface area contributed by atoms with Crippen LogP contribution < -0.4 is 0 Å². The Labute approximate surface area is 62.2 Å². The molecule has 1 rings (SSSR count). The summed E-state index contributed by atoms with van der Waals surface area (Å²) in [6.07, 6.45) is 4.57. The van der Waals surface area contributed by atoms with Crippen molar-refractivity contribution in [2.45, 2.75) is 19.8 Å². The van der Waals surface area contributed by atoms with Crippen molar-refractivity contribution in [3.8, 4) is 0 Å². The van der Waals surface area contributed by atoms with E-state index in [1.807, 2.05) is 4.90 Å². The van der Waals surface area contributed by atoms with Crippen LogP contribution in [0.3, 0.4) is 0 Å². The molecular weight excluding hydrogens is 126 g/mol. The lowest BCUT2D eigenvalue weighted by molar-refractivity contribution is 0.119. The lowest BCUT2D eigenvalue weighted by Crippen LogP contribution is -2.24. The molecule has 1 heterocycles. The summed E-state index contributed by atoms with van der Waals surface area (Å²) >= 11 is 0. The number of rotatable bonds is 1. The molecule has 0 aromatic carbocycles. The van der Waals surface area contributed by atoms with Crippen LogP contribution in [0.15, 0.2) is 11.6 Å². The molecule has 0 aromatic heterocycles. The van der Waals surface area contributed by atoms with Crippen LogP contribution in [0.4, 0.5) is 0 Å². The van der Waals surface area contributed by atoms with Crippen LogP contribution in [0, 0.1) is 0 Å². The van der Waals surface area contributed by atoms with Gasteiger partial charge in [0.15, 0.2) is 0 Å². The maximum Gasteiger partial charge on any atom is 0.0959 e. The highest BCUT2D eigenvalue weighted by atomic mass is 16.3. The molecule has 58 valence electrons. The molecule has 0 radical (unpaired) electrons. The lowest BCUT2D eigenvalue weighted by atomic mass is 10.2. The molecule has 0 unspecified atom stereocenters. The molecule has 0 fully saturated rings. The SMILES string of the molecule is CC1=CCN(CO)CCC1. The number of nitrogens with zero attached hydrogens (tertiary/aromatic N) is 1. The van der Waals surface area contributed by atoms with Crippen LogP contribution >= 0.6 is 0 Å². The van der Waals surface area contributed by atoms with E-state index in [4.69, 9.17) is 5.11 Å². The maximum absolute atomic E-state index is 8.80. The average molecular weight is 141 g/mol. The molecular formula is C8H15NO. The van der Waals surface area contributed by atoms with E-state index in [2.05, 4.69) is 13.0 Å². The number of hydrogen-bond donors (Lipinski definition) is 1. The molecule has 0 saturated carbocycles. The first kappa shape index (κ1) is 7.76. The smallest absolute Gasteiger partial charge is 0.0959 e.